The minimum Gasteiger partial charge on any atom is -0.451 e. The molecular formula is C23H25Cl2NO2. The number of nitrogens with one attached hydrogen (secondary N) is 1. The zero-order valence-corrected chi connectivity index (χ0v) is 17.8. The molecule has 1 aromatic carbocycles. The molecule has 4 aliphatic rings. The van der Waals surface area contributed by atoms with E-state index in [-0.39, 0.29) is 11.4 Å². The first kappa shape index (κ1) is 18.6. The van der Waals surface area contributed by atoms with Crippen LogP contribution in [0.25, 0.3) is 11.3 Å². The van der Waals surface area contributed by atoms with Crippen LogP contribution in [0.3, 0.4) is 0 Å². The number of halogens is 2. The molecule has 1 heterocycles. The molecule has 0 radical (unpaired) electrons. The molecule has 0 saturated heterocycles. The summed E-state index contributed by atoms with van der Waals surface area (Å²) in [6, 6.07) is 8.79. The molecule has 0 spiro atoms. The maximum atomic E-state index is 13.1. The molecule has 0 unspecified atom stereocenters. The van der Waals surface area contributed by atoms with Crippen LogP contribution in [0, 0.1) is 16.7 Å². The van der Waals surface area contributed by atoms with Gasteiger partial charge in [0.2, 0.25) is 0 Å². The van der Waals surface area contributed by atoms with Crippen LogP contribution < -0.4 is 5.32 Å². The average Bonchev–Trinajstić information content (AvgIpc) is 3.00. The second-order valence-corrected chi connectivity index (χ2v) is 11.0. The number of carbonyl (C=O) groups is 1. The molecule has 1 N–H and O–H groups in total. The normalized spacial score (nSPS) is 35.9. The van der Waals surface area contributed by atoms with Gasteiger partial charge in [-0.15, -0.1) is 0 Å². The average molecular weight is 418 g/mol. The molecule has 4 saturated carbocycles. The Labute approximate surface area is 175 Å². The summed E-state index contributed by atoms with van der Waals surface area (Å²) in [5.41, 5.74) is 1.35. The van der Waals surface area contributed by atoms with Crippen molar-refractivity contribution in [3.8, 4) is 11.3 Å². The van der Waals surface area contributed by atoms with E-state index in [1.807, 2.05) is 6.07 Å². The van der Waals surface area contributed by atoms with Gasteiger partial charge in [0, 0.05) is 16.1 Å². The summed E-state index contributed by atoms with van der Waals surface area (Å²) in [6.45, 7) is 4.81. The molecule has 4 bridgehead atoms. The summed E-state index contributed by atoms with van der Waals surface area (Å²) in [5.74, 6) is 1.53. The minimum atomic E-state index is -0.120. The van der Waals surface area contributed by atoms with Gasteiger partial charge in [-0.1, -0.05) is 37.0 Å². The van der Waals surface area contributed by atoms with Crippen molar-refractivity contribution in [2.45, 2.75) is 57.9 Å². The Hall–Kier alpha value is -1.45. The number of hydrogen-bond acceptors (Lipinski definition) is 2. The van der Waals surface area contributed by atoms with E-state index < -0.39 is 0 Å². The standard InChI is InChI=1S/C23H25Cl2NO2/c1-21-8-14-9-22(2,11-21)13-23(10-14,12-21)26-20(27)19-6-5-18(28-19)16-4-3-15(24)7-17(16)25/h3-7,14H,8-13H2,1-2H3,(H,26,27)/t14?,21-,22-,23?/m1/s1. The lowest BCUT2D eigenvalue weighted by Crippen LogP contribution is -2.65. The maximum Gasteiger partial charge on any atom is 0.287 e. The largest absolute Gasteiger partial charge is 0.451 e. The zero-order valence-electron chi connectivity index (χ0n) is 16.3. The van der Waals surface area contributed by atoms with Crippen LogP contribution in [0.2, 0.25) is 10.0 Å². The van der Waals surface area contributed by atoms with Gasteiger partial charge in [0.1, 0.15) is 5.76 Å². The smallest absolute Gasteiger partial charge is 0.287 e. The van der Waals surface area contributed by atoms with Crippen LogP contribution in [0.5, 0.6) is 0 Å². The van der Waals surface area contributed by atoms with Crippen LogP contribution in [0.1, 0.15) is 62.9 Å². The number of amides is 1. The van der Waals surface area contributed by atoms with Crippen molar-refractivity contribution >= 4 is 29.1 Å². The Morgan fingerprint density at radius 3 is 2.39 bits per heavy atom. The maximum absolute atomic E-state index is 13.1. The van der Waals surface area contributed by atoms with Crippen molar-refractivity contribution in [2.75, 3.05) is 0 Å². The first-order valence-electron chi connectivity index (χ1n) is 10.0. The fourth-order valence-electron chi connectivity index (χ4n) is 7.18. The third-order valence-corrected chi connectivity index (χ3v) is 7.58. The zero-order chi connectivity index (χ0) is 19.7. The van der Waals surface area contributed by atoms with Crippen LogP contribution in [0.4, 0.5) is 0 Å². The molecule has 28 heavy (non-hydrogen) atoms. The molecule has 148 valence electrons. The highest BCUT2D eigenvalue weighted by Crippen LogP contribution is 2.66. The highest BCUT2D eigenvalue weighted by atomic mass is 35.5. The highest BCUT2D eigenvalue weighted by molar-refractivity contribution is 6.36. The van der Waals surface area contributed by atoms with Gasteiger partial charge in [0.15, 0.2) is 5.76 Å². The SMILES string of the molecule is C[C@]12CC3CC(NC(=O)c4ccc(-c5ccc(Cl)cc5Cl)o4)(C1)C[C@](C)(C3)C2. The quantitative estimate of drug-likeness (QED) is 0.600. The van der Waals surface area contributed by atoms with Crippen molar-refractivity contribution < 1.29 is 9.21 Å². The van der Waals surface area contributed by atoms with E-state index >= 15 is 0 Å². The second-order valence-electron chi connectivity index (χ2n) is 10.2. The number of furan rings is 1. The molecule has 2 atom stereocenters. The summed E-state index contributed by atoms with van der Waals surface area (Å²) in [4.78, 5) is 13.1. The lowest BCUT2D eigenvalue weighted by molar-refractivity contribution is -0.114. The third kappa shape index (κ3) is 3.07. The van der Waals surface area contributed by atoms with Crippen molar-refractivity contribution in [3.05, 3.63) is 46.1 Å². The highest BCUT2D eigenvalue weighted by Gasteiger charge is 2.60. The van der Waals surface area contributed by atoms with Crippen molar-refractivity contribution in [1.29, 1.82) is 0 Å². The fourth-order valence-corrected chi connectivity index (χ4v) is 7.69. The Kier molecular flexibility index (Phi) is 4.00. The van der Waals surface area contributed by atoms with Gasteiger partial charge < -0.3 is 9.73 Å². The van der Waals surface area contributed by atoms with Gasteiger partial charge in [-0.2, -0.15) is 0 Å². The summed E-state index contributed by atoms with van der Waals surface area (Å²) in [7, 11) is 0. The Balaban J connectivity index is 1.39. The van der Waals surface area contributed by atoms with Crippen LogP contribution in [-0.4, -0.2) is 11.4 Å². The van der Waals surface area contributed by atoms with E-state index in [0.29, 0.717) is 32.4 Å². The van der Waals surface area contributed by atoms with Crippen LogP contribution >= 0.6 is 23.2 Å². The number of carbonyl (C=O) groups excluding carboxylic acids is 1. The van der Waals surface area contributed by atoms with Crippen molar-refractivity contribution in [3.63, 3.8) is 0 Å². The van der Waals surface area contributed by atoms with Gasteiger partial charge >= 0.3 is 0 Å². The Bertz CT molecular complexity index is 947. The van der Waals surface area contributed by atoms with Gasteiger partial charge in [-0.05, 0) is 85.6 Å². The van der Waals surface area contributed by atoms with E-state index in [2.05, 4.69) is 19.2 Å². The molecule has 2 aromatic rings. The van der Waals surface area contributed by atoms with Gasteiger partial charge in [0.05, 0.1) is 5.02 Å². The van der Waals surface area contributed by atoms with E-state index in [0.717, 1.165) is 30.7 Å². The number of rotatable bonds is 3. The lowest BCUT2D eigenvalue weighted by atomic mass is 9.43. The molecule has 0 aliphatic heterocycles. The molecule has 4 aliphatic carbocycles. The summed E-state index contributed by atoms with van der Waals surface area (Å²) < 4.78 is 5.88. The minimum absolute atomic E-state index is 0.0924. The summed E-state index contributed by atoms with van der Waals surface area (Å²) >= 11 is 12.3. The molecule has 6 rings (SSSR count). The van der Waals surface area contributed by atoms with E-state index in [1.165, 1.54) is 19.3 Å². The monoisotopic (exact) mass is 417 g/mol. The lowest BCUT2D eigenvalue weighted by Gasteiger charge is -2.65. The van der Waals surface area contributed by atoms with Crippen molar-refractivity contribution in [1.82, 2.24) is 5.32 Å². The molecule has 1 aromatic heterocycles. The van der Waals surface area contributed by atoms with Crippen LogP contribution in [-0.2, 0) is 0 Å². The van der Waals surface area contributed by atoms with E-state index in [9.17, 15) is 4.79 Å². The predicted octanol–water partition coefficient (Wildman–Crippen LogP) is 6.73. The predicted molar refractivity (Wildman–Crippen MR) is 112 cm³/mol. The van der Waals surface area contributed by atoms with Crippen molar-refractivity contribution in [2.24, 2.45) is 16.7 Å². The molecular weight excluding hydrogens is 393 g/mol. The second kappa shape index (κ2) is 6.03. The van der Waals surface area contributed by atoms with Gasteiger partial charge in [-0.25, -0.2) is 0 Å². The van der Waals surface area contributed by atoms with Gasteiger partial charge in [-0.3, -0.25) is 4.79 Å². The Morgan fingerprint density at radius 1 is 1.04 bits per heavy atom. The molecule has 5 heteroatoms. The summed E-state index contributed by atoms with van der Waals surface area (Å²) in [6.07, 6.45) is 7.15. The topological polar surface area (TPSA) is 42.2 Å². The number of hydrogen-bond donors (Lipinski definition) is 1. The Morgan fingerprint density at radius 2 is 1.75 bits per heavy atom. The molecule has 4 fully saturated rings. The number of benzene rings is 1. The van der Waals surface area contributed by atoms with E-state index in [1.54, 1.807) is 24.3 Å². The molecule has 3 nitrogen and oxygen atoms in total. The van der Waals surface area contributed by atoms with E-state index in [4.69, 9.17) is 27.6 Å². The first-order chi connectivity index (χ1) is 13.2. The third-order valence-electron chi connectivity index (χ3n) is 7.03. The van der Waals surface area contributed by atoms with Gasteiger partial charge in [0.25, 0.3) is 5.91 Å². The molecule has 1 amide bonds. The fraction of sp³-hybridized carbons (Fsp3) is 0.522. The first-order valence-corrected chi connectivity index (χ1v) is 10.8. The van der Waals surface area contributed by atoms with Crippen LogP contribution in [0.15, 0.2) is 34.7 Å². The summed E-state index contributed by atoms with van der Waals surface area (Å²) in [5, 5.41) is 4.47.